The van der Waals surface area contributed by atoms with Crippen molar-refractivity contribution in [1.29, 1.82) is 0 Å². The van der Waals surface area contributed by atoms with Gasteiger partial charge in [0.1, 0.15) is 0 Å². The van der Waals surface area contributed by atoms with Crippen molar-refractivity contribution in [1.82, 2.24) is 0 Å². The van der Waals surface area contributed by atoms with Crippen LogP contribution in [0, 0.1) is 0 Å². The molecule has 4 radical (unpaired) electrons. The maximum atomic E-state index is 8.34. The molecule has 0 N–H and O–H groups in total. The summed E-state index contributed by atoms with van der Waals surface area (Å²) in [7, 11) is 0. The Hall–Kier alpha value is 1.86. The monoisotopic (exact) mass is 306 g/mol. The number of hydrogen-bond donors (Lipinski definition) is 0. The predicted octanol–water partition coefficient (Wildman–Crippen LogP) is -0.505. The topological polar surface area (TPSA) is 17.1 Å². The Labute approximate surface area is 64.4 Å². The molecule has 0 heterocycles. The van der Waals surface area contributed by atoms with E-state index in [1.807, 2.05) is 0 Å². The zero-order chi connectivity index (χ0) is 2.00. The standard InChI is InChI=1S/Ag.Cu.O.Sn. The van der Waals surface area contributed by atoms with Crippen LogP contribution < -0.4 is 0 Å². The van der Waals surface area contributed by atoms with E-state index in [0.717, 1.165) is 0 Å². The molecule has 0 unspecified atom stereocenters. The predicted molar refractivity (Wildman–Crippen MR) is 6.44 cm³/mol. The first-order valence-electron chi connectivity index (χ1n) is 0.204. The summed E-state index contributed by atoms with van der Waals surface area (Å²) >= 11 is 0.300. The van der Waals surface area contributed by atoms with Gasteiger partial charge >= 0.3 is 25.6 Å². The van der Waals surface area contributed by atoms with Gasteiger partial charge in [0.15, 0.2) is 0 Å². The molecule has 0 aliphatic carbocycles. The second-order valence-corrected chi connectivity index (χ2v) is 0. The molecule has 0 aromatic carbocycles. The van der Waals surface area contributed by atoms with Crippen molar-refractivity contribution in [3.8, 4) is 0 Å². The summed E-state index contributed by atoms with van der Waals surface area (Å²) in [5.41, 5.74) is 0. The zero-order valence-corrected chi connectivity index (χ0v) is 6.79. The first-order valence-corrected chi connectivity index (χ1v) is 1.37. The van der Waals surface area contributed by atoms with E-state index in [-0.39, 0.29) is 39.4 Å². The molecule has 0 aliphatic rings. The van der Waals surface area contributed by atoms with Gasteiger partial charge in [-0.25, -0.2) is 0 Å². The fraction of sp³-hybridized carbons (Fsp3) is 0. The summed E-state index contributed by atoms with van der Waals surface area (Å²) in [5, 5.41) is 0. The number of rotatable bonds is 0. The fourth-order valence-electron chi connectivity index (χ4n) is 0. The summed E-state index contributed by atoms with van der Waals surface area (Å²) in [6.45, 7) is 0. The molecule has 32 valence electrons. The normalized spacial score (nSPS) is 1.00. The van der Waals surface area contributed by atoms with Gasteiger partial charge in [-0.2, -0.15) is 0 Å². The molecule has 1 nitrogen and oxygen atoms in total. The van der Waals surface area contributed by atoms with Gasteiger partial charge in [-0.3, -0.25) is 0 Å². The van der Waals surface area contributed by atoms with Crippen LogP contribution in [-0.4, -0.2) is 22.5 Å². The van der Waals surface area contributed by atoms with Gasteiger partial charge in [0, 0.05) is 39.4 Å². The first-order chi connectivity index (χ1) is 1.00. The minimum atomic E-state index is 0. The molecule has 0 atom stereocenters. The third kappa shape index (κ3) is 9.13. The second-order valence-electron chi connectivity index (χ2n) is 0. The van der Waals surface area contributed by atoms with Gasteiger partial charge in [-0.05, 0) is 0 Å². The van der Waals surface area contributed by atoms with Crippen molar-refractivity contribution in [3.05, 3.63) is 0 Å². The Morgan fingerprint density at radius 1 is 1.25 bits per heavy atom. The maximum absolute atomic E-state index is 8.34. The van der Waals surface area contributed by atoms with E-state index in [0.29, 0.717) is 22.5 Å². The molecule has 0 fully saturated rings. The van der Waals surface area contributed by atoms with Crippen LogP contribution in [0.5, 0.6) is 0 Å². The van der Waals surface area contributed by atoms with Crippen molar-refractivity contribution >= 4 is 22.5 Å². The van der Waals surface area contributed by atoms with Gasteiger partial charge < -0.3 is 0 Å². The fourth-order valence-corrected chi connectivity index (χ4v) is 0. The summed E-state index contributed by atoms with van der Waals surface area (Å²) in [5.74, 6) is 0. The van der Waals surface area contributed by atoms with Crippen molar-refractivity contribution in [3.63, 3.8) is 0 Å². The molecule has 0 aromatic rings. The molecule has 0 aromatic heterocycles. The van der Waals surface area contributed by atoms with Crippen LogP contribution in [0.3, 0.4) is 0 Å². The summed E-state index contributed by atoms with van der Waals surface area (Å²) in [6, 6.07) is 0. The second kappa shape index (κ2) is 20.9. The SMILES string of the molecule is [Ag].[Cu].[O]=[Sn]. The van der Waals surface area contributed by atoms with Crippen molar-refractivity contribution in [2.45, 2.75) is 0 Å². The van der Waals surface area contributed by atoms with Gasteiger partial charge in [0.2, 0.25) is 0 Å². The molecule has 0 amide bonds. The molecule has 0 saturated heterocycles. The number of hydrogen-bond acceptors (Lipinski definition) is 1. The van der Waals surface area contributed by atoms with Crippen molar-refractivity contribution in [2.75, 3.05) is 0 Å². The Morgan fingerprint density at radius 2 is 1.25 bits per heavy atom. The van der Waals surface area contributed by atoms with Crippen LogP contribution >= 0.6 is 0 Å². The van der Waals surface area contributed by atoms with Crippen LogP contribution in [0.2, 0.25) is 0 Å². The van der Waals surface area contributed by atoms with Gasteiger partial charge in [0.25, 0.3) is 0 Å². The molecule has 4 heavy (non-hydrogen) atoms. The third-order valence-corrected chi connectivity index (χ3v) is 0. The average Bonchev–Trinajstić information content (AvgIpc) is 1.00. The Bertz CT molecular complexity index is 8.00. The molecule has 0 aliphatic heterocycles. The van der Waals surface area contributed by atoms with Crippen LogP contribution in [0.25, 0.3) is 0 Å². The Balaban J connectivity index is -0.00000000500. The van der Waals surface area contributed by atoms with E-state index < -0.39 is 0 Å². The van der Waals surface area contributed by atoms with E-state index in [2.05, 4.69) is 0 Å². The molecule has 0 spiro atoms. The molecule has 4 heteroatoms. The molecular weight excluding hydrogens is 306 g/mol. The van der Waals surface area contributed by atoms with Gasteiger partial charge in [0.05, 0.1) is 0 Å². The van der Waals surface area contributed by atoms with Gasteiger partial charge in [-0.1, -0.05) is 0 Å². The third-order valence-electron chi connectivity index (χ3n) is 0. The minimum absolute atomic E-state index is 0. The first kappa shape index (κ1) is 16.9. The molecule has 0 rings (SSSR count). The zero-order valence-electron chi connectivity index (χ0n) is 1.51. The average molecular weight is 306 g/mol. The van der Waals surface area contributed by atoms with Crippen LogP contribution in [0.15, 0.2) is 0 Å². The van der Waals surface area contributed by atoms with Crippen LogP contribution in [0.1, 0.15) is 0 Å². The van der Waals surface area contributed by atoms with Crippen molar-refractivity contribution < 1.29 is 42.5 Å². The Kier molecular flexibility index (Phi) is 88.6. The Morgan fingerprint density at radius 3 is 1.25 bits per heavy atom. The van der Waals surface area contributed by atoms with Gasteiger partial charge in [-0.15, -0.1) is 0 Å². The summed E-state index contributed by atoms with van der Waals surface area (Å²) in [6.07, 6.45) is 0. The van der Waals surface area contributed by atoms with E-state index in [9.17, 15) is 0 Å². The quantitative estimate of drug-likeness (QED) is 0.551. The van der Waals surface area contributed by atoms with E-state index in [1.54, 1.807) is 0 Å². The molecule has 0 saturated carbocycles. The molecule has 0 bridgehead atoms. The van der Waals surface area contributed by atoms with Crippen molar-refractivity contribution in [2.24, 2.45) is 0 Å². The van der Waals surface area contributed by atoms with E-state index in [1.165, 1.54) is 0 Å². The summed E-state index contributed by atoms with van der Waals surface area (Å²) in [4.78, 5) is 0. The summed E-state index contributed by atoms with van der Waals surface area (Å²) < 4.78 is 8.34. The molecular formula is AgCuOSn. The van der Waals surface area contributed by atoms with E-state index >= 15 is 0 Å². The van der Waals surface area contributed by atoms with Crippen LogP contribution in [-0.2, 0) is 42.5 Å². The van der Waals surface area contributed by atoms with Crippen LogP contribution in [0.4, 0.5) is 0 Å². The van der Waals surface area contributed by atoms with E-state index in [4.69, 9.17) is 3.08 Å².